The fourth-order valence-corrected chi connectivity index (χ4v) is 5.56. The summed E-state index contributed by atoms with van der Waals surface area (Å²) in [6.45, 7) is 5.53. The lowest BCUT2D eigenvalue weighted by molar-refractivity contribution is 0.581. The van der Waals surface area contributed by atoms with Gasteiger partial charge in [-0.25, -0.2) is 18.1 Å². The Bertz CT molecular complexity index is 1110. The molecule has 27 heavy (non-hydrogen) atoms. The van der Waals surface area contributed by atoms with Gasteiger partial charge in [0.25, 0.3) is 0 Å². The van der Waals surface area contributed by atoms with Gasteiger partial charge in [0.05, 0.1) is 15.6 Å². The summed E-state index contributed by atoms with van der Waals surface area (Å²) in [5, 5.41) is 1.94. The van der Waals surface area contributed by atoms with Crippen LogP contribution in [0.15, 0.2) is 41.3 Å². The van der Waals surface area contributed by atoms with Gasteiger partial charge in [-0.15, -0.1) is 11.3 Å². The van der Waals surface area contributed by atoms with E-state index in [-0.39, 0.29) is 11.4 Å². The van der Waals surface area contributed by atoms with Gasteiger partial charge in [-0.3, -0.25) is 0 Å². The van der Waals surface area contributed by atoms with E-state index < -0.39 is 10.0 Å². The lowest BCUT2D eigenvalue weighted by Crippen LogP contribution is -2.24. The Hall–Kier alpha value is -1.44. The molecule has 0 saturated carbocycles. The first kappa shape index (κ1) is 20.3. The van der Waals surface area contributed by atoms with E-state index in [1.807, 2.05) is 31.2 Å². The largest absolute Gasteiger partial charge is 0.241 e. The molecule has 3 rings (SSSR count). The zero-order valence-corrected chi connectivity index (χ0v) is 18.2. The molecule has 0 fully saturated rings. The van der Waals surface area contributed by atoms with Crippen LogP contribution in [-0.2, 0) is 16.6 Å². The second-order valence-electron chi connectivity index (χ2n) is 6.20. The van der Waals surface area contributed by atoms with Gasteiger partial charge in [-0.1, -0.05) is 41.4 Å². The highest BCUT2D eigenvalue weighted by Gasteiger charge is 2.20. The Morgan fingerprint density at radius 1 is 1.04 bits per heavy atom. The zero-order chi connectivity index (χ0) is 19.8. The first-order chi connectivity index (χ1) is 12.7. The third kappa shape index (κ3) is 4.36. The van der Waals surface area contributed by atoms with Crippen LogP contribution < -0.4 is 4.72 Å². The van der Waals surface area contributed by atoms with Crippen molar-refractivity contribution in [2.24, 2.45) is 0 Å². The highest BCUT2D eigenvalue weighted by Crippen LogP contribution is 2.33. The van der Waals surface area contributed by atoms with Crippen molar-refractivity contribution in [2.45, 2.75) is 32.2 Å². The Morgan fingerprint density at radius 2 is 1.74 bits per heavy atom. The topological polar surface area (TPSA) is 59.1 Å². The van der Waals surface area contributed by atoms with E-state index in [1.165, 1.54) is 11.3 Å². The van der Waals surface area contributed by atoms with Gasteiger partial charge in [0.1, 0.15) is 5.01 Å². The van der Waals surface area contributed by atoms with Gasteiger partial charge < -0.3 is 0 Å². The molecule has 2 aromatic carbocycles. The van der Waals surface area contributed by atoms with E-state index in [9.17, 15) is 8.42 Å². The fourth-order valence-electron chi connectivity index (χ4n) is 2.62. The van der Waals surface area contributed by atoms with Crippen LogP contribution >= 0.6 is 34.5 Å². The van der Waals surface area contributed by atoms with Crippen molar-refractivity contribution in [3.05, 3.63) is 68.1 Å². The van der Waals surface area contributed by atoms with Crippen LogP contribution in [0.25, 0.3) is 10.6 Å². The van der Waals surface area contributed by atoms with Gasteiger partial charge in [0, 0.05) is 22.0 Å². The predicted octanol–water partition coefficient (Wildman–Crippen LogP) is 5.52. The first-order valence-corrected chi connectivity index (χ1v) is 11.2. The Balaban J connectivity index is 1.85. The van der Waals surface area contributed by atoms with Crippen LogP contribution in [0.2, 0.25) is 10.0 Å². The molecule has 0 unspecified atom stereocenters. The highest BCUT2D eigenvalue weighted by molar-refractivity contribution is 7.89. The molecule has 0 aliphatic rings. The molecule has 0 aliphatic heterocycles. The molecular formula is C19H18Cl2N2O2S2. The number of aromatic nitrogens is 1. The van der Waals surface area contributed by atoms with E-state index in [0.717, 1.165) is 26.7 Å². The van der Waals surface area contributed by atoms with Gasteiger partial charge in [-0.2, -0.15) is 0 Å². The maximum Gasteiger partial charge on any atom is 0.241 e. The van der Waals surface area contributed by atoms with Crippen molar-refractivity contribution in [3.8, 4) is 10.6 Å². The maximum atomic E-state index is 12.7. The molecule has 8 heteroatoms. The van der Waals surface area contributed by atoms with E-state index in [4.69, 9.17) is 23.2 Å². The Morgan fingerprint density at radius 3 is 2.44 bits per heavy atom. The van der Waals surface area contributed by atoms with Crippen molar-refractivity contribution < 1.29 is 8.42 Å². The van der Waals surface area contributed by atoms with Crippen LogP contribution in [-0.4, -0.2) is 13.4 Å². The molecule has 3 aromatic rings. The third-order valence-electron chi connectivity index (χ3n) is 4.17. The number of halogens is 2. The summed E-state index contributed by atoms with van der Waals surface area (Å²) in [6.07, 6.45) is 0. The second-order valence-corrected chi connectivity index (χ2v) is 9.83. The summed E-state index contributed by atoms with van der Waals surface area (Å²) in [4.78, 5) is 5.62. The summed E-state index contributed by atoms with van der Waals surface area (Å²) in [5.41, 5.74) is 2.95. The summed E-state index contributed by atoms with van der Waals surface area (Å²) in [6, 6.07) is 10.7. The molecule has 0 aliphatic carbocycles. The smallest absolute Gasteiger partial charge is 0.241 e. The van der Waals surface area contributed by atoms with Crippen LogP contribution in [0.5, 0.6) is 0 Å². The molecule has 4 nitrogen and oxygen atoms in total. The van der Waals surface area contributed by atoms with E-state index in [0.29, 0.717) is 15.6 Å². The minimum atomic E-state index is -3.66. The van der Waals surface area contributed by atoms with Crippen LogP contribution in [0.3, 0.4) is 0 Å². The number of benzene rings is 2. The molecule has 0 saturated heterocycles. The molecule has 1 aromatic heterocycles. The summed E-state index contributed by atoms with van der Waals surface area (Å²) in [7, 11) is -3.66. The minimum Gasteiger partial charge on any atom is -0.241 e. The summed E-state index contributed by atoms with van der Waals surface area (Å²) in [5.74, 6) is 0. The number of hydrogen-bond donors (Lipinski definition) is 1. The number of aryl methyl sites for hydroxylation is 3. The second kappa shape index (κ2) is 7.89. The molecule has 142 valence electrons. The average molecular weight is 441 g/mol. The zero-order valence-electron chi connectivity index (χ0n) is 15.0. The van der Waals surface area contributed by atoms with Crippen molar-refractivity contribution >= 4 is 44.6 Å². The van der Waals surface area contributed by atoms with Gasteiger partial charge in [0.2, 0.25) is 10.0 Å². The number of nitrogens with one attached hydrogen (secondary N) is 1. The van der Waals surface area contributed by atoms with Gasteiger partial charge in [0.15, 0.2) is 0 Å². The van der Waals surface area contributed by atoms with Crippen LogP contribution in [0.4, 0.5) is 0 Å². The first-order valence-electron chi connectivity index (χ1n) is 8.16. The molecule has 1 heterocycles. The van der Waals surface area contributed by atoms with Gasteiger partial charge >= 0.3 is 0 Å². The third-order valence-corrected chi connectivity index (χ3v) is 7.64. The van der Waals surface area contributed by atoms with Crippen molar-refractivity contribution in [1.82, 2.24) is 9.71 Å². The van der Waals surface area contributed by atoms with Gasteiger partial charge in [-0.05, 0) is 50.1 Å². The van der Waals surface area contributed by atoms with Crippen LogP contribution in [0, 0.1) is 20.8 Å². The SMILES string of the molecule is Cc1cc(S(=O)(=O)NCc2sc(-c3ccccc3Cl)nc2C)c(C)cc1Cl. The number of hydrogen-bond acceptors (Lipinski definition) is 4. The van der Waals surface area contributed by atoms with E-state index in [2.05, 4.69) is 9.71 Å². The normalized spacial score (nSPS) is 11.7. The fraction of sp³-hybridized carbons (Fsp3) is 0.211. The number of thiazole rings is 1. The summed E-state index contributed by atoms with van der Waals surface area (Å²) < 4.78 is 28.1. The molecule has 0 amide bonds. The lowest BCUT2D eigenvalue weighted by Gasteiger charge is -2.11. The molecule has 0 atom stereocenters. The molecule has 0 radical (unpaired) electrons. The molecule has 1 N–H and O–H groups in total. The Labute approximate surface area is 173 Å². The number of rotatable bonds is 5. The van der Waals surface area contributed by atoms with Crippen molar-refractivity contribution in [1.29, 1.82) is 0 Å². The lowest BCUT2D eigenvalue weighted by atomic mass is 10.2. The molecule has 0 spiro atoms. The molecular weight excluding hydrogens is 423 g/mol. The highest BCUT2D eigenvalue weighted by atomic mass is 35.5. The van der Waals surface area contributed by atoms with Crippen LogP contribution in [0.1, 0.15) is 21.7 Å². The summed E-state index contributed by atoms with van der Waals surface area (Å²) >= 11 is 13.7. The maximum absolute atomic E-state index is 12.7. The Kier molecular flexibility index (Phi) is 5.93. The quantitative estimate of drug-likeness (QED) is 0.567. The monoisotopic (exact) mass is 440 g/mol. The molecule has 0 bridgehead atoms. The predicted molar refractivity (Wildman–Crippen MR) is 112 cm³/mol. The average Bonchev–Trinajstić information content (AvgIpc) is 2.97. The van der Waals surface area contributed by atoms with E-state index >= 15 is 0 Å². The minimum absolute atomic E-state index is 0.164. The number of sulfonamides is 1. The van der Waals surface area contributed by atoms with E-state index in [1.54, 1.807) is 26.0 Å². The van der Waals surface area contributed by atoms with Crippen molar-refractivity contribution in [3.63, 3.8) is 0 Å². The van der Waals surface area contributed by atoms with Crippen molar-refractivity contribution in [2.75, 3.05) is 0 Å². The number of nitrogens with zero attached hydrogens (tertiary/aromatic N) is 1. The standard InChI is InChI=1S/C19H18Cl2N2O2S2/c1-11-9-18(12(2)8-16(11)21)27(24,25)22-10-17-13(3)23-19(26-17)14-6-4-5-7-15(14)20/h4-9,22H,10H2,1-3H3.